The molecule has 0 aliphatic heterocycles. The average Bonchev–Trinajstić information content (AvgIpc) is 2.07. The maximum Gasteiger partial charge on any atom is 0.249 e. The van der Waals surface area contributed by atoms with E-state index >= 15 is 0 Å². The van der Waals surface area contributed by atoms with Crippen molar-refractivity contribution in [3.05, 3.63) is 40.4 Å². The minimum atomic E-state index is -0.250. The Kier molecular flexibility index (Phi) is 3.98. The van der Waals surface area contributed by atoms with E-state index < -0.39 is 0 Å². The fourth-order valence-electron chi connectivity index (χ4n) is 0.892. The smallest absolute Gasteiger partial charge is 0.249 e. The molecule has 0 unspecified atom stereocenters. The molecule has 1 amide bonds. The second-order valence-electron chi connectivity index (χ2n) is 2.73. The van der Waals surface area contributed by atoms with Crippen molar-refractivity contribution < 1.29 is 4.79 Å². The highest BCUT2D eigenvalue weighted by Crippen LogP contribution is 2.13. The Bertz CT molecular complexity index is 353. The van der Waals surface area contributed by atoms with Crippen molar-refractivity contribution in [3.63, 3.8) is 0 Å². The van der Waals surface area contributed by atoms with Crippen molar-refractivity contribution in [1.29, 1.82) is 0 Å². The molecule has 0 bridgehead atoms. The predicted molar refractivity (Wildman–Crippen MR) is 59.7 cm³/mol. The maximum absolute atomic E-state index is 11.2. The Morgan fingerprint density at radius 2 is 1.93 bits per heavy atom. The van der Waals surface area contributed by atoms with E-state index in [2.05, 4.69) is 5.32 Å². The van der Waals surface area contributed by atoms with Crippen molar-refractivity contribution >= 4 is 34.8 Å². The van der Waals surface area contributed by atoms with E-state index in [9.17, 15) is 4.79 Å². The number of hydrogen-bond donors (Lipinski definition) is 1. The molecule has 0 aliphatic rings. The Morgan fingerprint density at radius 3 is 2.43 bits per heavy atom. The molecule has 1 aromatic rings. The van der Waals surface area contributed by atoms with Gasteiger partial charge in [-0.05, 0) is 31.2 Å². The second kappa shape index (κ2) is 5.03. The minimum Gasteiger partial charge on any atom is -0.322 e. The monoisotopic (exact) mass is 229 g/mol. The first kappa shape index (κ1) is 11.1. The van der Waals surface area contributed by atoms with Crippen LogP contribution < -0.4 is 5.32 Å². The van der Waals surface area contributed by atoms with Crippen molar-refractivity contribution in [1.82, 2.24) is 0 Å². The highest BCUT2D eigenvalue weighted by atomic mass is 35.5. The van der Waals surface area contributed by atoms with Crippen LogP contribution in [0, 0.1) is 0 Å². The number of carbonyl (C=O) groups excluding carboxylic acids is 1. The molecule has 0 aliphatic carbocycles. The van der Waals surface area contributed by atoms with Crippen molar-refractivity contribution in [3.8, 4) is 0 Å². The van der Waals surface area contributed by atoms with Crippen LogP contribution in [0.25, 0.3) is 0 Å². The molecule has 0 spiro atoms. The third-order valence-corrected chi connectivity index (χ3v) is 1.80. The Balaban J connectivity index is 2.66. The Labute approximate surface area is 92.5 Å². The molecule has 1 N–H and O–H groups in total. The quantitative estimate of drug-likeness (QED) is 0.775. The molecule has 0 heterocycles. The molecule has 14 heavy (non-hydrogen) atoms. The van der Waals surface area contributed by atoms with Crippen molar-refractivity contribution in [2.24, 2.45) is 0 Å². The lowest BCUT2D eigenvalue weighted by atomic mass is 10.3. The lowest BCUT2D eigenvalue weighted by Gasteiger charge is -2.01. The van der Waals surface area contributed by atoms with Crippen LogP contribution in [0.15, 0.2) is 35.4 Å². The summed E-state index contributed by atoms with van der Waals surface area (Å²) in [4.78, 5) is 11.2. The van der Waals surface area contributed by atoms with Crippen LogP contribution in [-0.2, 0) is 4.79 Å². The summed E-state index contributed by atoms with van der Waals surface area (Å²) in [6, 6.07) is 6.85. The first-order chi connectivity index (χ1) is 6.58. The number of hydrogen-bond acceptors (Lipinski definition) is 1. The van der Waals surface area contributed by atoms with Gasteiger partial charge in [-0.3, -0.25) is 4.79 Å². The van der Waals surface area contributed by atoms with Gasteiger partial charge in [-0.15, -0.1) is 0 Å². The zero-order valence-corrected chi connectivity index (χ0v) is 9.06. The SMILES string of the molecule is C/C(Cl)=C/C(=O)Nc1ccc(Cl)cc1. The molecule has 2 nitrogen and oxygen atoms in total. The molecule has 0 fully saturated rings. The summed E-state index contributed by atoms with van der Waals surface area (Å²) in [6.45, 7) is 1.64. The van der Waals surface area contributed by atoms with Crippen LogP contribution in [0.3, 0.4) is 0 Å². The standard InChI is InChI=1S/C10H9Cl2NO/c1-7(11)6-10(14)13-9-4-2-8(12)3-5-9/h2-6H,1H3,(H,13,14)/b7-6-. The van der Waals surface area contributed by atoms with Gasteiger partial charge < -0.3 is 5.32 Å². The highest BCUT2D eigenvalue weighted by Gasteiger charge is 1.98. The van der Waals surface area contributed by atoms with Gasteiger partial charge in [0.25, 0.3) is 0 Å². The molecule has 74 valence electrons. The summed E-state index contributed by atoms with van der Waals surface area (Å²) in [6.07, 6.45) is 1.32. The molecule has 0 atom stereocenters. The number of benzene rings is 1. The van der Waals surface area contributed by atoms with E-state index in [1.165, 1.54) is 6.08 Å². The van der Waals surface area contributed by atoms with Gasteiger partial charge in [0.2, 0.25) is 5.91 Å². The zero-order valence-electron chi connectivity index (χ0n) is 7.55. The van der Waals surface area contributed by atoms with Gasteiger partial charge >= 0.3 is 0 Å². The molecule has 0 saturated carbocycles. The van der Waals surface area contributed by atoms with E-state index in [1.807, 2.05) is 0 Å². The lowest BCUT2D eigenvalue weighted by molar-refractivity contribution is -0.111. The number of rotatable bonds is 2. The van der Waals surface area contributed by atoms with E-state index in [1.54, 1.807) is 31.2 Å². The minimum absolute atomic E-state index is 0.250. The molecule has 0 aromatic heterocycles. The van der Waals surface area contributed by atoms with Gasteiger partial charge in [-0.1, -0.05) is 23.2 Å². The molecule has 0 saturated heterocycles. The number of halogens is 2. The largest absolute Gasteiger partial charge is 0.322 e. The summed E-state index contributed by atoms with van der Waals surface area (Å²) in [5.41, 5.74) is 0.688. The Hall–Kier alpha value is -0.990. The molecule has 1 aromatic carbocycles. The number of amides is 1. The summed E-state index contributed by atoms with van der Waals surface area (Å²) in [7, 11) is 0. The second-order valence-corrected chi connectivity index (χ2v) is 3.76. The third-order valence-electron chi connectivity index (χ3n) is 1.44. The number of anilines is 1. The normalized spacial score (nSPS) is 11.2. The fourth-order valence-corrected chi connectivity index (χ4v) is 1.12. The van der Waals surface area contributed by atoms with E-state index in [0.29, 0.717) is 15.7 Å². The predicted octanol–water partition coefficient (Wildman–Crippen LogP) is 3.42. The van der Waals surface area contributed by atoms with E-state index in [-0.39, 0.29) is 5.91 Å². The average molecular weight is 230 g/mol. The van der Waals surface area contributed by atoms with E-state index in [0.717, 1.165) is 0 Å². The third kappa shape index (κ3) is 3.81. The van der Waals surface area contributed by atoms with Gasteiger partial charge in [0.1, 0.15) is 0 Å². The van der Waals surface area contributed by atoms with Gasteiger partial charge in [0.05, 0.1) is 0 Å². The van der Waals surface area contributed by atoms with Crippen LogP contribution in [0.5, 0.6) is 0 Å². The van der Waals surface area contributed by atoms with Crippen LogP contribution in [-0.4, -0.2) is 5.91 Å². The van der Waals surface area contributed by atoms with Gasteiger partial charge in [0.15, 0.2) is 0 Å². The number of nitrogens with one attached hydrogen (secondary N) is 1. The molecule has 1 rings (SSSR count). The topological polar surface area (TPSA) is 29.1 Å². The first-order valence-corrected chi connectivity index (χ1v) is 4.74. The van der Waals surface area contributed by atoms with Crippen LogP contribution >= 0.6 is 23.2 Å². The van der Waals surface area contributed by atoms with Gasteiger partial charge in [-0.2, -0.15) is 0 Å². The highest BCUT2D eigenvalue weighted by molar-refractivity contribution is 6.31. The molecule has 4 heteroatoms. The summed E-state index contributed by atoms with van der Waals surface area (Å²) in [5, 5.41) is 3.71. The van der Waals surface area contributed by atoms with Gasteiger partial charge in [-0.25, -0.2) is 0 Å². The van der Waals surface area contributed by atoms with Crippen LogP contribution in [0.1, 0.15) is 6.92 Å². The molecular weight excluding hydrogens is 221 g/mol. The van der Waals surface area contributed by atoms with Crippen LogP contribution in [0.2, 0.25) is 5.02 Å². The summed E-state index contributed by atoms with van der Waals surface area (Å²) >= 11 is 11.2. The van der Waals surface area contributed by atoms with Crippen molar-refractivity contribution in [2.45, 2.75) is 6.92 Å². The first-order valence-electron chi connectivity index (χ1n) is 3.98. The van der Waals surface area contributed by atoms with E-state index in [4.69, 9.17) is 23.2 Å². The van der Waals surface area contributed by atoms with Crippen LogP contribution in [0.4, 0.5) is 5.69 Å². The maximum atomic E-state index is 11.2. The molecule has 0 radical (unpaired) electrons. The molecular formula is C10H9Cl2NO. The zero-order chi connectivity index (χ0) is 10.6. The Morgan fingerprint density at radius 1 is 1.36 bits per heavy atom. The lowest BCUT2D eigenvalue weighted by Crippen LogP contribution is -2.07. The number of allylic oxidation sites excluding steroid dienone is 1. The fraction of sp³-hybridized carbons (Fsp3) is 0.100. The summed E-state index contributed by atoms with van der Waals surface area (Å²) < 4.78 is 0. The van der Waals surface area contributed by atoms with Gasteiger partial charge in [0, 0.05) is 21.8 Å². The summed E-state index contributed by atoms with van der Waals surface area (Å²) in [5.74, 6) is -0.250. The van der Waals surface area contributed by atoms with Crippen molar-refractivity contribution in [2.75, 3.05) is 5.32 Å². The number of carbonyl (C=O) groups is 1.